The number of aliphatic imine (C=N–C) groups is 1. The van der Waals surface area contributed by atoms with E-state index in [1.54, 1.807) is 0 Å². The molecule has 2 rings (SSSR count). The van der Waals surface area contributed by atoms with Gasteiger partial charge in [0.25, 0.3) is 0 Å². The molecule has 1 unspecified atom stereocenters. The van der Waals surface area contributed by atoms with Gasteiger partial charge in [-0.1, -0.05) is 44.2 Å². The molecule has 1 saturated heterocycles. The maximum absolute atomic E-state index is 5.62. The molecule has 1 aromatic rings. The molecule has 2 N–H and O–H groups in total. The van der Waals surface area contributed by atoms with Gasteiger partial charge in [-0.2, -0.15) is 0 Å². The Balaban J connectivity index is 1.97. The molecule has 0 radical (unpaired) electrons. The average Bonchev–Trinajstić information content (AvgIpc) is 2.65. The normalized spacial score (nSPS) is 18.8. The van der Waals surface area contributed by atoms with E-state index in [0.717, 1.165) is 50.9 Å². The highest BCUT2D eigenvalue weighted by atomic mass is 16.5. The molecule has 0 aromatic heterocycles. The van der Waals surface area contributed by atoms with E-state index in [9.17, 15) is 0 Å². The van der Waals surface area contributed by atoms with Crippen molar-refractivity contribution in [3.8, 4) is 0 Å². The molecule has 1 aromatic carbocycles. The summed E-state index contributed by atoms with van der Waals surface area (Å²) in [7, 11) is 1.85. The molecule has 25 heavy (non-hydrogen) atoms. The molecule has 0 bridgehead atoms. The fraction of sp³-hybridized carbons (Fsp3) is 0.667. The van der Waals surface area contributed by atoms with Gasteiger partial charge in [0.05, 0.1) is 0 Å². The van der Waals surface area contributed by atoms with Crippen LogP contribution in [-0.2, 0) is 10.2 Å². The van der Waals surface area contributed by atoms with Gasteiger partial charge in [-0.25, -0.2) is 0 Å². The van der Waals surface area contributed by atoms with Crippen LogP contribution in [0.25, 0.3) is 0 Å². The van der Waals surface area contributed by atoms with Crippen LogP contribution in [0.3, 0.4) is 0 Å². The zero-order valence-electron chi connectivity index (χ0n) is 16.3. The molecule has 1 aliphatic heterocycles. The van der Waals surface area contributed by atoms with Crippen molar-refractivity contribution in [3.63, 3.8) is 0 Å². The lowest BCUT2D eigenvalue weighted by Crippen LogP contribution is -2.49. The minimum absolute atomic E-state index is 0.123. The zero-order chi connectivity index (χ0) is 18.1. The van der Waals surface area contributed by atoms with Gasteiger partial charge in [-0.05, 0) is 44.1 Å². The maximum Gasteiger partial charge on any atom is 0.191 e. The molecule has 0 saturated carbocycles. The van der Waals surface area contributed by atoms with Crippen LogP contribution in [0, 0.1) is 5.92 Å². The van der Waals surface area contributed by atoms with Crippen LogP contribution in [0.4, 0.5) is 0 Å². The molecule has 140 valence electrons. The van der Waals surface area contributed by atoms with Gasteiger partial charge in [0.2, 0.25) is 0 Å². The molecule has 1 fully saturated rings. The first-order valence-electron chi connectivity index (χ1n) is 9.66. The van der Waals surface area contributed by atoms with Crippen LogP contribution < -0.4 is 10.6 Å². The Morgan fingerprint density at radius 1 is 1.12 bits per heavy atom. The van der Waals surface area contributed by atoms with E-state index in [1.165, 1.54) is 12.0 Å². The number of hydrogen-bond donors (Lipinski definition) is 2. The van der Waals surface area contributed by atoms with E-state index in [2.05, 4.69) is 66.7 Å². The van der Waals surface area contributed by atoms with Gasteiger partial charge >= 0.3 is 0 Å². The molecule has 0 amide bonds. The van der Waals surface area contributed by atoms with Gasteiger partial charge in [0.15, 0.2) is 5.96 Å². The summed E-state index contributed by atoms with van der Waals surface area (Å²) in [4.78, 5) is 4.43. The number of guanidine groups is 1. The van der Waals surface area contributed by atoms with Crippen LogP contribution in [0.15, 0.2) is 35.3 Å². The van der Waals surface area contributed by atoms with Gasteiger partial charge in [0, 0.05) is 38.3 Å². The van der Waals surface area contributed by atoms with Crippen LogP contribution in [-0.4, -0.2) is 38.8 Å². The molecular weight excluding hydrogens is 310 g/mol. The lowest BCUT2D eigenvalue weighted by molar-refractivity contribution is 0.0513. The van der Waals surface area contributed by atoms with Crippen molar-refractivity contribution < 1.29 is 4.74 Å². The van der Waals surface area contributed by atoms with Crippen molar-refractivity contribution in [2.75, 3.05) is 26.8 Å². The van der Waals surface area contributed by atoms with E-state index < -0.39 is 0 Å². The lowest BCUT2D eigenvalue weighted by Gasteiger charge is -2.38. The molecule has 1 heterocycles. The second kappa shape index (κ2) is 9.81. The maximum atomic E-state index is 5.62. The van der Waals surface area contributed by atoms with Crippen LogP contribution in [0.1, 0.15) is 52.0 Å². The van der Waals surface area contributed by atoms with E-state index >= 15 is 0 Å². The van der Waals surface area contributed by atoms with E-state index in [-0.39, 0.29) is 5.41 Å². The smallest absolute Gasteiger partial charge is 0.191 e. The standard InChI is InChI=1S/C21H35N3O/c1-17(2)10-11-18(3)24-20(22-4)23-16-21(12-14-25-15-13-21)19-8-6-5-7-9-19/h5-9,17-18H,10-16H2,1-4H3,(H2,22,23,24). The summed E-state index contributed by atoms with van der Waals surface area (Å²) in [5, 5.41) is 7.12. The Morgan fingerprint density at radius 2 is 1.80 bits per heavy atom. The fourth-order valence-corrected chi connectivity index (χ4v) is 3.46. The molecule has 1 atom stereocenters. The molecule has 4 heteroatoms. The summed E-state index contributed by atoms with van der Waals surface area (Å²) in [6, 6.07) is 11.3. The first kappa shape index (κ1) is 19.8. The molecule has 4 nitrogen and oxygen atoms in total. The number of hydrogen-bond acceptors (Lipinski definition) is 2. The van der Waals surface area contributed by atoms with Gasteiger partial charge in [0.1, 0.15) is 0 Å². The first-order chi connectivity index (χ1) is 12.1. The molecular formula is C21H35N3O. The number of nitrogens with zero attached hydrogens (tertiary/aromatic N) is 1. The van der Waals surface area contributed by atoms with Gasteiger partial charge < -0.3 is 15.4 Å². The summed E-state index contributed by atoms with van der Waals surface area (Å²) < 4.78 is 5.62. The summed E-state index contributed by atoms with van der Waals surface area (Å²) in [5.41, 5.74) is 1.52. The number of ether oxygens (including phenoxy) is 1. The summed E-state index contributed by atoms with van der Waals surface area (Å²) in [6.07, 6.45) is 4.49. The summed E-state index contributed by atoms with van der Waals surface area (Å²) in [6.45, 7) is 9.32. The molecule has 0 spiro atoms. The van der Waals surface area contributed by atoms with Crippen LogP contribution in [0.5, 0.6) is 0 Å². The average molecular weight is 346 g/mol. The van der Waals surface area contributed by atoms with Crippen LogP contribution >= 0.6 is 0 Å². The van der Waals surface area contributed by atoms with Gasteiger partial charge in [-0.3, -0.25) is 4.99 Å². The third-order valence-electron chi connectivity index (χ3n) is 5.21. The van der Waals surface area contributed by atoms with Gasteiger partial charge in [-0.15, -0.1) is 0 Å². The minimum Gasteiger partial charge on any atom is -0.381 e. The number of nitrogens with one attached hydrogen (secondary N) is 2. The lowest BCUT2D eigenvalue weighted by atomic mass is 9.74. The summed E-state index contributed by atoms with van der Waals surface area (Å²) in [5.74, 6) is 1.64. The van der Waals surface area contributed by atoms with Crippen molar-refractivity contribution in [3.05, 3.63) is 35.9 Å². The van der Waals surface area contributed by atoms with Crippen molar-refractivity contribution >= 4 is 5.96 Å². The van der Waals surface area contributed by atoms with E-state index in [1.807, 2.05) is 7.05 Å². The Bertz CT molecular complexity index is 521. The Morgan fingerprint density at radius 3 is 2.40 bits per heavy atom. The number of rotatable bonds is 7. The SMILES string of the molecule is CN=C(NCC1(c2ccccc2)CCOCC1)NC(C)CCC(C)C. The Kier molecular flexibility index (Phi) is 7.76. The second-order valence-corrected chi connectivity index (χ2v) is 7.70. The second-order valence-electron chi connectivity index (χ2n) is 7.70. The highest BCUT2D eigenvalue weighted by Crippen LogP contribution is 2.34. The third kappa shape index (κ3) is 6.03. The summed E-state index contributed by atoms with van der Waals surface area (Å²) >= 11 is 0. The highest BCUT2D eigenvalue weighted by Gasteiger charge is 2.34. The molecule has 1 aliphatic rings. The Hall–Kier alpha value is -1.55. The van der Waals surface area contributed by atoms with Crippen molar-refractivity contribution in [1.82, 2.24) is 10.6 Å². The van der Waals surface area contributed by atoms with Crippen molar-refractivity contribution in [2.24, 2.45) is 10.9 Å². The topological polar surface area (TPSA) is 45.7 Å². The van der Waals surface area contributed by atoms with Crippen molar-refractivity contribution in [1.29, 1.82) is 0 Å². The monoisotopic (exact) mass is 345 g/mol. The molecule has 0 aliphatic carbocycles. The van der Waals surface area contributed by atoms with E-state index in [4.69, 9.17) is 4.74 Å². The third-order valence-corrected chi connectivity index (χ3v) is 5.21. The highest BCUT2D eigenvalue weighted by molar-refractivity contribution is 5.80. The van der Waals surface area contributed by atoms with Crippen molar-refractivity contribution in [2.45, 2.75) is 57.9 Å². The minimum atomic E-state index is 0.123. The fourth-order valence-electron chi connectivity index (χ4n) is 3.46. The predicted octanol–water partition coefficient (Wildman–Crippen LogP) is 3.72. The first-order valence-corrected chi connectivity index (χ1v) is 9.66. The predicted molar refractivity (Wildman–Crippen MR) is 106 cm³/mol. The zero-order valence-corrected chi connectivity index (χ0v) is 16.3. The number of benzene rings is 1. The van der Waals surface area contributed by atoms with Crippen LogP contribution in [0.2, 0.25) is 0 Å². The largest absolute Gasteiger partial charge is 0.381 e. The van der Waals surface area contributed by atoms with E-state index in [0.29, 0.717) is 6.04 Å². The quantitative estimate of drug-likeness (QED) is 0.585. The Labute approximate surface area is 153 Å².